The predicted octanol–water partition coefficient (Wildman–Crippen LogP) is 3.13. The fourth-order valence-electron chi connectivity index (χ4n) is 2.74. The number of aryl methyl sites for hydroxylation is 1. The number of benzene rings is 1. The highest BCUT2D eigenvalue weighted by Gasteiger charge is 2.30. The van der Waals surface area contributed by atoms with Crippen LogP contribution in [0.15, 0.2) is 24.3 Å². The molecule has 0 spiro atoms. The zero-order valence-electron chi connectivity index (χ0n) is 10.00. The molecule has 0 bridgehead atoms. The summed E-state index contributed by atoms with van der Waals surface area (Å²) in [6.45, 7) is 9.86. The number of hydrogen-bond acceptors (Lipinski definition) is 0. The summed E-state index contributed by atoms with van der Waals surface area (Å²) in [4.78, 5) is 0. The summed E-state index contributed by atoms with van der Waals surface area (Å²) >= 11 is 0. The SMILES string of the molecule is CC[N+]1(Cc2ccccc2C)CCCC1. The summed E-state index contributed by atoms with van der Waals surface area (Å²) in [5.41, 5.74) is 3.00. The molecule has 1 heterocycles. The Kier molecular flexibility index (Phi) is 3.11. The molecule has 1 saturated heterocycles. The first-order chi connectivity index (χ1) is 7.26. The van der Waals surface area contributed by atoms with Crippen molar-refractivity contribution in [2.24, 2.45) is 0 Å². The molecule has 0 N–H and O–H groups in total. The monoisotopic (exact) mass is 204 g/mol. The number of hydrogen-bond donors (Lipinski definition) is 0. The van der Waals surface area contributed by atoms with Gasteiger partial charge in [0.2, 0.25) is 0 Å². The molecule has 1 aromatic carbocycles. The molecule has 1 aliphatic heterocycles. The Balaban J connectivity index is 2.16. The molecule has 0 saturated carbocycles. The Morgan fingerprint density at radius 2 is 1.80 bits per heavy atom. The van der Waals surface area contributed by atoms with Gasteiger partial charge < -0.3 is 4.48 Å². The fraction of sp³-hybridized carbons (Fsp3) is 0.571. The summed E-state index contributed by atoms with van der Waals surface area (Å²) in [6, 6.07) is 8.84. The molecule has 0 aromatic heterocycles. The van der Waals surface area contributed by atoms with Crippen LogP contribution in [0.3, 0.4) is 0 Å². The van der Waals surface area contributed by atoms with Gasteiger partial charge in [-0.2, -0.15) is 0 Å². The van der Waals surface area contributed by atoms with Crippen LogP contribution >= 0.6 is 0 Å². The standard InChI is InChI=1S/C14H22N/c1-3-15(10-6-7-11-15)12-14-9-5-4-8-13(14)2/h4-5,8-9H,3,6-7,10-12H2,1-2H3/q+1. The van der Waals surface area contributed by atoms with Crippen molar-refractivity contribution >= 4 is 0 Å². The Morgan fingerprint density at radius 3 is 2.40 bits per heavy atom. The van der Waals surface area contributed by atoms with Crippen molar-refractivity contribution in [3.63, 3.8) is 0 Å². The molecular weight excluding hydrogens is 182 g/mol. The molecule has 2 rings (SSSR count). The van der Waals surface area contributed by atoms with E-state index in [1.54, 1.807) is 5.56 Å². The highest BCUT2D eigenvalue weighted by atomic mass is 15.4. The maximum absolute atomic E-state index is 2.34. The lowest BCUT2D eigenvalue weighted by Crippen LogP contribution is -2.44. The summed E-state index contributed by atoms with van der Waals surface area (Å²) < 4.78 is 1.31. The summed E-state index contributed by atoms with van der Waals surface area (Å²) in [5.74, 6) is 0. The third-order valence-electron chi connectivity index (χ3n) is 3.95. The van der Waals surface area contributed by atoms with E-state index in [-0.39, 0.29) is 0 Å². The first-order valence-electron chi connectivity index (χ1n) is 6.15. The molecule has 0 aliphatic carbocycles. The van der Waals surface area contributed by atoms with E-state index in [0.717, 1.165) is 0 Å². The van der Waals surface area contributed by atoms with Crippen LogP contribution in [0.25, 0.3) is 0 Å². The minimum atomic E-state index is 1.24. The van der Waals surface area contributed by atoms with Gasteiger partial charge in [-0.3, -0.25) is 0 Å². The van der Waals surface area contributed by atoms with Crippen LogP contribution in [0.1, 0.15) is 30.9 Å². The van der Waals surface area contributed by atoms with Crippen LogP contribution in [0.4, 0.5) is 0 Å². The van der Waals surface area contributed by atoms with E-state index in [1.807, 2.05) is 0 Å². The molecule has 1 nitrogen and oxygen atoms in total. The predicted molar refractivity (Wildman–Crippen MR) is 64.7 cm³/mol. The summed E-state index contributed by atoms with van der Waals surface area (Å²) in [7, 11) is 0. The second kappa shape index (κ2) is 4.36. The smallest absolute Gasteiger partial charge is 0.105 e. The minimum Gasteiger partial charge on any atom is -0.320 e. The largest absolute Gasteiger partial charge is 0.320 e. The van der Waals surface area contributed by atoms with Gasteiger partial charge in [-0.15, -0.1) is 0 Å². The van der Waals surface area contributed by atoms with Crippen LogP contribution < -0.4 is 0 Å². The molecule has 82 valence electrons. The minimum absolute atomic E-state index is 1.24. The lowest BCUT2D eigenvalue weighted by Gasteiger charge is -2.33. The van der Waals surface area contributed by atoms with Gasteiger partial charge in [-0.1, -0.05) is 24.3 Å². The number of nitrogens with zero attached hydrogens (tertiary/aromatic N) is 1. The molecule has 1 fully saturated rings. The average Bonchev–Trinajstić information content (AvgIpc) is 2.71. The van der Waals surface area contributed by atoms with Crippen molar-refractivity contribution in [1.82, 2.24) is 0 Å². The first-order valence-corrected chi connectivity index (χ1v) is 6.15. The highest BCUT2D eigenvalue weighted by Crippen LogP contribution is 2.24. The van der Waals surface area contributed by atoms with Crippen molar-refractivity contribution in [2.45, 2.75) is 33.2 Å². The van der Waals surface area contributed by atoms with Crippen LogP contribution in [0, 0.1) is 6.92 Å². The quantitative estimate of drug-likeness (QED) is 0.664. The van der Waals surface area contributed by atoms with Gasteiger partial charge in [0.15, 0.2) is 0 Å². The van der Waals surface area contributed by atoms with Crippen molar-refractivity contribution in [1.29, 1.82) is 0 Å². The van der Waals surface area contributed by atoms with Gasteiger partial charge in [0.05, 0.1) is 19.6 Å². The Bertz CT molecular complexity index is 324. The Morgan fingerprint density at radius 1 is 1.13 bits per heavy atom. The molecule has 1 aromatic rings. The first kappa shape index (κ1) is 10.7. The Hall–Kier alpha value is -0.820. The number of rotatable bonds is 3. The average molecular weight is 204 g/mol. The van der Waals surface area contributed by atoms with Crippen molar-refractivity contribution in [3.05, 3.63) is 35.4 Å². The van der Waals surface area contributed by atoms with E-state index < -0.39 is 0 Å². The van der Waals surface area contributed by atoms with Gasteiger partial charge >= 0.3 is 0 Å². The van der Waals surface area contributed by atoms with E-state index in [2.05, 4.69) is 38.1 Å². The van der Waals surface area contributed by atoms with Crippen LogP contribution in [0.2, 0.25) is 0 Å². The van der Waals surface area contributed by atoms with E-state index in [9.17, 15) is 0 Å². The molecule has 0 atom stereocenters. The molecule has 0 unspecified atom stereocenters. The normalized spacial score (nSPS) is 19.3. The second-order valence-corrected chi connectivity index (χ2v) is 4.90. The van der Waals surface area contributed by atoms with E-state index in [1.165, 1.54) is 49.1 Å². The van der Waals surface area contributed by atoms with Crippen molar-refractivity contribution < 1.29 is 4.48 Å². The van der Waals surface area contributed by atoms with Crippen LogP contribution in [-0.2, 0) is 6.54 Å². The summed E-state index contributed by atoms with van der Waals surface area (Å²) in [5, 5.41) is 0. The van der Waals surface area contributed by atoms with E-state index in [0.29, 0.717) is 0 Å². The van der Waals surface area contributed by atoms with Gasteiger partial charge in [0.25, 0.3) is 0 Å². The van der Waals surface area contributed by atoms with Crippen LogP contribution in [0.5, 0.6) is 0 Å². The zero-order chi connectivity index (χ0) is 10.7. The van der Waals surface area contributed by atoms with E-state index in [4.69, 9.17) is 0 Å². The lowest BCUT2D eigenvalue weighted by molar-refractivity contribution is -0.928. The number of likely N-dealkylation sites (tertiary alicyclic amines) is 1. The van der Waals surface area contributed by atoms with Crippen LogP contribution in [-0.4, -0.2) is 24.1 Å². The third-order valence-corrected chi connectivity index (χ3v) is 3.95. The lowest BCUT2D eigenvalue weighted by atomic mass is 10.1. The maximum atomic E-state index is 2.34. The van der Waals surface area contributed by atoms with Gasteiger partial charge in [0.1, 0.15) is 6.54 Å². The fourth-order valence-corrected chi connectivity index (χ4v) is 2.74. The van der Waals surface area contributed by atoms with Gasteiger partial charge in [-0.25, -0.2) is 0 Å². The molecular formula is C14H22N+. The molecule has 0 amide bonds. The molecule has 0 radical (unpaired) electrons. The zero-order valence-corrected chi connectivity index (χ0v) is 10.00. The highest BCUT2D eigenvalue weighted by molar-refractivity contribution is 5.24. The molecule has 15 heavy (non-hydrogen) atoms. The topological polar surface area (TPSA) is 0 Å². The second-order valence-electron chi connectivity index (χ2n) is 4.90. The summed E-state index contributed by atoms with van der Waals surface area (Å²) in [6.07, 6.45) is 2.83. The van der Waals surface area contributed by atoms with Gasteiger partial charge in [-0.05, 0) is 19.4 Å². The third kappa shape index (κ3) is 2.23. The Labute approximate surface area is 93.3 Å². The van der Waals surface area contributed by atoms with Gasteiger partial charge in [0, 0.05) is 18.4 Å². The van der Waals surface area contributed by atoms with Crippen molar-refractivity contribution in [3.8, 4) is 0 Å². The molecule has 1 aliphatic rings. The van der Waals surface area contributed by atoms with Crippen molar-refractivity contribution in [2.75, 3.05) is 19.6 Å². The molecule has 1 heteroatoms. The van der Waals surface area contributed by atoms with E-state index >= 15 is 0 Å². The number of quaternary nitrogens is 1. The maximum Gasteiger partial charge on any atom is 0.105 e.